The summed E-state index contributed by atoms with van der Waals surface area (Å²) in [6.45, 7) is 12.5. The minimum Gasteiger partial charge on any atom is -0.127 e. The highest BCUT2D eigenvalue weighted by molar-refractivity contribution is 7.18. The summed E-state index contributed by atoms with van der Waals surface area (Å²) in [4.78, 5) is 0. The zero-order chi connectivity index (χ0) is 12.3. The molecular weight excluding hydrogens is 199 g/mol. The maximum Gasteiger partial charge on any atom is 0.00668 e. The number of benzene rings is 1. The second kappa shape index (κ2) is 10.2. The molecule has 1 rings (SSSR count). The van der Waals surface area contributed by atoms with E-state index in [1.165, 1.54) is 5.56 Å². The Hall–Kier alpha value is -0.350. The fourth-order valence-corrected chi connectivity index (χ4v) is 1.22. The van der Waals surface area contributed by atoms with Crippen LogP contribution < -0.4 is 0 Å². The molecule has 0 saturated heterocycles. The average molecular weight is 226 g/mol. The van der Waals surface area contributed by atoms with Crippen LogP contribution in [0.4, 0.5) is 0 Å². The van der Waals surface area contributed by atoms with E-state index < -0.39 is 0 Å². The third-order valence-electron chi connectivity index (χ3n) is 2.17. The van der Waals surface area contributed by atoms with Gasteiger partial charge in [0.2, 0.25) is 0 Å². The van der Waals surface area contributed by atoms with Gasteiger partial charge in [0.1, 0.15) is 0 Å². The Balaban J connectivity index is 0. The number of hydrogen-bond acceptors (Lipinski definition) is 0. The van der Waals surface area contributed by atoms with Crippen LogP contribution in [-0.4, -0.2) is 0 Å². The lowest BCUT2D eigenvalue weighted by Crippen LogP contribution is -2.10. The zero-order valence-corrected chi connectivity index (χ0v) is 12.3. The van der Waals surface area contributed by atoms with E-state index in [0.29, 0.717) is 0 Å². The van der Waals surface area contributed by atoms with Crippen molar-refractivity contribution in [2.24, 2.45) is 0 Å². The summed E-state index contributed by atoms with van der Waals surface area (Å²) < 4.78 is 0. The molecule has 0 N–H and O–H groups in total. The van der Waals surface area contributed by atoms with E-state index in [0.717, 1.165) is 6.42 Å². The summed E-state index contributed by atoms with van der Waals surface area (Å²) >= 11 is 0. The first-order chi connectivity index (χ1) is 7.17. The van der Waals surface area contributed by atoms with E-state index in [9.17, 15) is 0 Å². The van der Waals surface area contributed by atoms with Gasteiger partial charge in [-0.25, -0.2) is 0 Å². The molecule has 0 spiro atoms. The first kappa shape index (κ1) is 17.1. The summed E-state index contributed by atoms with van der Waals surface area (Å²) in [5.74, 6) is 0. The van der Waals surface area contributed by atoms with E-state index in [4.69, 9.17) is 0 Å². The third kappa shape index (κ3) is 6.68. The standard InChI is InChI=1S/C10H15P.2C2H6/c1-3-10(2,11)9-7-5-4-6-8-9;2*1-2/h4-8H,3,11H2,1-2H3;2*1-2H3. The molecular formula is C14H27P. The molecule has 1 aromatic carbocycles. The van der Waals surface area contributed by atoms with E-state index >= 15 is 0 Å². The topological polar surface area (TPSA) is 0 Å². The molecule has 1 aromatic rings. The summed E-state index contributed by atoms with van der Waals surface area (Å²) in [5, 5.41) is 0.251. The Morgan fingerprint density at radius 2 is 1.40 bits per heavy atom. The summed E-state index contributed by atoms with van der Waals surface area (Å²) in [6.07, 6.45) is 1.15. The molecule has 0 fully saturated rings. The lowest BCUT2D eigenvalue weighted by atomic mass is 9.98. The van der Waals surface area contributed by atoms with Crippen LogP contribution in [0.25, 0.3) is 0 Å². The van der Waals surface area contributed by atoms with E-state index in [1.807, 2.05) is 27.7 Å². The SMILES string of the molecule is CC.CC.CCC(C)(P)c1ccccc1. The maximum absolute atomic E-state index is 2.91. The molecule has 88 valence electrons. The van der Waals surface area contributed by atoms with E-state index in [-0.39, 0.29) is 5.16 Å². The van der Waals surface area contributed by atoms with Crippen molar-refractivity contribution >= 4 is 9.24 Å². The largest absolute Gasteiger partial charge is 0.127 e. The molecule has 0 aliphatic heterocycles. The van der Waals surface area contributed by atoms with Gasteiger partial charge in [-0.2, -0.15) is 0 Å². The lowest BCUT2D eigenvalue weighted by Gasteiger charge is -2.22. The maximum atomic E-state index is 2.91. The third-order valence-corrected chi connectivity index (χ3v) is 2.91. The Morgan fingerprint density at radius 3 is 1.73 bits per heavy atom. The molecule has 0 bridgehead atoms. The minimum absolute atomic E-state index is 0.251. The van der Waals surface area contributed by atoms with Gasteiger partial charge in [0.05, 0.1) is 0 Å². The Bertz CT molecular complexity index is 214. The van der Waals surface area contributed by atoms with Crippen LogP contribution in [0.1, 0.15) is 53.5 Å². The average Bonchev–Trinajstić information content (AvgIpc) is 2.35. The Kier molecular flexibility index (Phi) is 11.6. The Labute approximate surface area is 98.7 Å². The van der Waals surface area contributed by atoms with Gasteiger partial charge in [-0.15, -0.1) is 9.24 Å². The van der Waals surface area contributed by atoms with Crippen molar-refractivity contribution in [2.75, 3.05) is 0 Å². The van der Waals surface area contributed by atoms with Gasteiger partial charge in [0.25, 0.3) is 0 Å². The molecule has 0 radical (unpaired) electrons. The lowest BCUT2D eigenvalue weighted by molar-refractivity contribution is 0.665. The van der Waals surface area contributed by atoms with Crippen molar-refractivity contribution in [3.8, 4) is 0 Å². The van der Waals surface area contributed by atoms with E-state index in [2.05, 4.69) is 53.4 Å². The van der Waals surface area contributed by atoms with Crippen molar-refractivity contribution in [1.82, 2.24) is 0 Å². The van der Waals surface area contributed by atoms with Crippen LogP contribution in [0.3, 0.4) is 0 Å². The minimum atomic E-state index is 0.251. The molecule has 0 heterocycles. The van der Waals surface area contributed by atoms with E-state index in [1.54, 1.807) is 0 Å². The smallest absolute Gasteiger partial charge is 0.00668 e. The van der Waals surface area contributed by atoms with Crippen molar-refractivity contribution in [2.45, 2.75) is 53.1 Å². The molecule has 0 aliphatic rings. The zero-order valence-electron chi connectivity index (χ0n) is 11.2. The van der Waals surface area contributed by atoms with Gasteiger partial charge >= 0.3 is 0 Å². The highest BCUT2D eigenvalue weighted by Crippen LogP contribution is 2.33. The van der Waals surface area contributed by atoms with Crippen molar-refractivity contribution in [1.29, 1.82) is 0 Å². The van der Waals surface area contributed by atoms with Gasteiger partial charge in [-0.3, -0.25) is 0 Å². The van der Waals surface area contributed by atoms with Crippen molar-refractivity contribution < 1.29 is 0 Å². The van der Waals surface area contributed by atoms with Gasteiger partial charge in [0, 0.05) is 5.16 Å². The van der Waals surface area contributed by atoms with Crippen LogP contribution in [0.15, 0.2) is 30.3 Å². The second-order valence-corrected chi connectivity index (χ2v) is 4.41. The summed E-state index contributed by atoms with van der Waals surface area (Å²) in [5.41, 5.74) is 1.40. The van der Waals surface area contributed by atoms with Crippen LogP contribution in [0.5, 0.6) is 0 Å². The summed E-state index contributed by atoms with van der Waals surface area (Å²) in [6, 6.07) is 10.6. The van der Waals surface area contributed by atoms with Gasteiger partial charge in [0.15, 0.2) is 0 Å². The molecule has 0 aliphatic carbocycles. The first-order valence-electron chi connectivity index (χ1n) is 6.01. The molecule has 0 amide bonds. The van der Waals surface area contributed by atoms with Gasteiger partial charge in [-0.05, 0) is 12.0 Å². The predicted octanol–water partition coefficient (Wildman–Crippen LogP) is 5.24. The molecule has 0 saturated carbocycles. The number of rotatable bonds is 2. The molecule has 2 unspecified atom stereocenters. The monoisotopic (exact) mass is 226 g/mol. The number of hydrogen-bond donors (Lipinski definition) is 0. The second-order valence-electron chi connectivity index (χ2n) is 3.14. The van der Waals surface area contributed by atoms with Crippen LogP contribution in [0.2, 0.25) is 0 Å². The Morgan fingerprint density at radius 1 is 1.00 bits per heavy atom. The molecule has 1 heteroatoms. The van der Waals surface area contributed by atoms with Crippen LogP contribution in [0, 0.1) is 0 Å². The highest BCUT2D eigenvalue weighted by atomic mass is 31.0. The first-order valence-corrected chi connectivity index (χ1v) is 6.59. The van der Waals surface area contributed by atoms with Gasteiger partial charge in [-0.1, -0.05) is 71.9 Å². The van der Waals surface area contributed by atoms with Crippen molar-refractivity contribution in [3.63, 3.8) is 0 Å². The van der Waals surface area contributed by atoms with Gasteiger partial charge < -0.3 is 0 Å². The normalized spacial score (nSPS) is 12.5. The molecule has 15 heavy (non-hydrogen) atoms. The highest BCUT2D eigenvalue weighted by Gasteiger charge is 2.16. The quantitative estimate of drug-likeness (QED) is 0.605. The van der Waals surface area contributed by atoms with Crippen LogP contribution in [-0.2, 0) is 5.16 Å². The molecule has 0 aromatic heterocycles. The summed E-state index contributed by atoms with van der Waals surface area (Å²) in [7, 11) is 2.91. The predicted molar refractivity (Wildman–Crippen MR) is 76.5 cm³/mol. The molecule has 0 nitrogen and oxygen atoms in total. The fourth-order valence-electron chi connectivity index (χ4n) is 1.02. The fraction of sp³-hybridized carbons (Fsp3) is 0.571. The molecule has 2 atom stereocenters. The van der Waals surface area contributed by atoms with Crippen LogP contribution >= 0.6 is 9.24 Å². The van der Waals surface area contributed by atoms with Crippen molar-refractivity contribution in [3.05, 3.63) is 35.9 Å².